The first-order valence-electron chi connectivity index (χ1n) is 10.2. The second-order valence-corrected chi connectivity index (χ2v) is 10.2. The average molecular weight is 417 g/mol. The molecular weight excluding hydrogens is 388 g/mol. The molecule has 0 bridgehead atoms. The Balaban J connectivity index is 1.41. The van der Waals surface area contributed by atoms with Crippen LogP contribution in [0.3, 0.4) is 0 Å². The third kappa shape index (κ3) is 4.53. The van der Waals surface area contributed by atoms with E-state index in [0.29, 0.717) is 25.2 Å². The fourth-order valence-electron chi connectivity index (χ4n) is 4.90. The molecule has 1 spiro atoms. The van der Waals surface area contributed by atoms with Gasteiger partial charge >= 0.3 is 0 Å². The highest BCUT2D eigenvalue weighted by atomic mass is 32.2. The Morgan fingerprint density at radius 2 is 2.03 bits per heavy atom. The van der Waals surface area contributed by atoms with Crippen LogP contribution in [-0.4, -0.2) is 54.4 Å². The van der Waals surface area contributed by atoms with E-state index in [1.54, 1.807) is 6.20 Å². The summed E-state index contributed by atoms with van der Waals surface area (Å²) in [4.78, 5) is 15.0. The van der Waals surface area contributed by atoms with Crippen molar-refractivity contribution in [2.45, 2.75) is 44.7 Å². The van der Waals surface area contributed by atoms with Crippen molar-refractivity contribution >= 4 is 15.9 Å². The van der Waals surface area contributed by atoms with Crippen LogP contribution in [0.25, 0.3) is 0 Å². The van der Waals surface area contributed by atoms with Crippen LogP contribution in [0.4, 0.5) is 0 Å². The molecule has 2 fully saturated rings. The first kappa shape index (κ1) is 20.1. The number of carbonyl (C=O) groups excluding carboxylic acids is 1. The van der Waals surface area contributed by atoms with Crippen molar-refractivity contribution in [1.82, 2.24) is 19.4 Å². The maximum Gasteiger partial charge on any atom is 0.253 e. The number of nitrogens with zero attached hydrogens (tertiary/aromatic N) is 3. The van der Waals surface area contributed by atoms with Crippen LogP contribution in [-0.2, 0) is 16.6 Å². The molecule has 2 aliphatic rings. The predicted molar refractivity (Wildman–Crippen MR) is 111 cm³/mol. The highest BCUT2D eigenvalue weighted by Gasteiger charge is 2.46. The van der Waals surface area contributed by atoms with E-state index in [1.807, 2.05) is 46.1 Å². The average Bonchev–Trinajstić information content (AvgIpc) is 3.32. The van der Waals surface area contributed by atoms with Gasteiger partial charge in [0.1, 0.15) is 0 Å². The van der Waals surface area contributed by atoms with Gasteiger partial charge in [0.2, 0.25) is 10.0 Å². The van der Waals surface area contributed by atoms with E-state index in [-0.39, 0.29) is 17.4 Å². The number of hydrogen-bond acceptors (Lipinski definition) is 4. The van der Waals surface area contributed by atoms with Crippen LogP contribution < -0.4 is 4.72 Å². The van der Waals surface area contributed by atoms with Crippen molar-refractivity contribution in [2.24, 2.45) is 5.41 Å². The molecule has 1 saturated heterocycles. The lowest BCUT2D eigenvalue weighted by molar-refractivity contribution is 0.0544. The van der Waals surface area contributed by atoms with E-state index in [4.69, 9.17) is 0 Å². The second-order valence-electron chi connectivity index (χ2n) is 8.39. The Bertz CT molecular complexity index is 964. The molecule has 2 heterocycles. The summed E-state index contributed by atoms with van der Waals surface area (Å²) in [6, 6.07) is 9.60. The zero-order chi connectivity index (χ0) is 20.5. The molecule has 4 rings (SSSR count). The molecule has 1 aromatic carbocycles. The third-order valence-electron chi connectivity index (χ3n) is 6.39. The summed E-state index contributed by atoms with van der Waals surface area (Å²) in [5.74, 6) is 0.0489. The Labute approximate surface area is 172 Å². The van der Waals surface area contributed by atoms with E-state index in [2.05, 4.69) is 9.82 Å². The van der Waals surface area contributed by atoms with Gasteiger partial charge in [0.05, 0.1) is 12.8 Å². The van der Waals surface area contributed by atoms with Gasteiger partial charge in [0.15, 0.2) is 0 Å². The standard InChI is InChI=1S/C21H28N4O3S/c1-29(27,28)23-19-7-3-8-21(19)9-13-24(14-10-21)20(26)18-6-2-5-17(15-18)16-25-12-4-11-22-25/h2,4-6,11-12,15,19,23H,3,7-10,13-14,16H2,1H3. The number of likely N-dealkylation sites (tertiary alicyclic amines) is 1. The van der Waals surface area contributed by atoms with Gasteiger partial charge in [-0.2, -0.15) is 5.10 Å². The molecule has 1 unspecified atom stereocenters. The summed E-state index contributed by atoms with van der Waals surface area (Å²) in [7, 11) is -3.22. The topological polar surface area (TPSA) is 84.3 Å². The van der Waals surface area contributed by atoms with Crippen molar-refractivity contribution in [1.29, 1.82) is 0 Å². The van der Waals surface area contributed by atoms with E-state index in [1.165, 1.54) is 6.26 Å². The number of nitrogens with one attached hydrogen (secondary N) is 1. The maximum absolute atomic E-state index is 13.1. The molecule has 1 atom stereocenters. The highest BCUT2D eigenvalue weighted by Crippen LogP contribution is 2.46. The molecule has 8 heteroatoms. The summed E-state index contributed by atoms with van der Waals surface area (Å²) in [6.07, 6.45) is 9.52. The minimum Gasteiger partial charge on any atom is -0.339 e. The number of hydrogen-bond donors (Lipinski definition) is 1. The molecule has 1 saturated carbocycles. The van der Waals surface area contributed by atoms with Crippen molar-refractivity contribution in [3.63, 3.8) is 0 Å². The van der Waals surface area contributed by atoms with Gasteiger partial charge < -0.3 is 4.90 Å². The Kier molecular flexibility index (Phi) is 5.48. The Morgan fingerprint density at radius 3 is 2.72 bits per heavy atom. The number of carbonyl (C=O) groups is 1. The van der Waals surface area contributed by atoms with Crippen LogP contribution in [0, 0.1) is 5.41 Å². The van der Waals surface area contributed by atoms with Gasteiger partial charge in [0.25, 0.3) is 5.91 Å². The Hall–Kier alpha value is -2.19. The smallest absolute Gasteiger partial charge is 0.253 e. The monoisotopic (exact) mass is 416 g/mol. The molecular formula is C21H28N4O3S. The van der Waals surface area contributed by atoms with Crippen LogP contribution >= 0.6 is 0 Å². The molecule has 1 aliphatic carbocycles. The van der Waals surface area contributed by atoms with Gasteiger partial charge in [-0.3, -0.25) is 9.48 Å². The molecule has 156 valence electrons. The van der Waals surface area contributed by atoms with Crippen molar-refractivity contribution in [3.05, 3.63) is 53.9 Å². The number of piperidine rings is 1. The lowest BCUT2D eigenvalue weighted by Gasteiger charge is -2.43. The van der Waals surface area contributed by atoms with Crippen molar-refractivity contribution in [2.75, 3.05) is 19.3 Å². The largest absolute Gasteiger partial charge is 0.339 e. The summed E-state index contributed by atoms with van der Waals surface area (Å²) in [6.45, 7) is 1.98. The Morgan fingerprint density at radius 1 is 1.24 bits per heavy atom. The predicted octanol–water partition coefficient (Wildman–Crippen LogP) is 2.26. The van der Waals surface area contributed by atoms with E-state index >= 15 is 0 Å². The molecule has 1 aliphatic heterocycles. The van der Waals surface area contributed by atoms with Gasteiger partial charge in [-0.05, 0) is 54.9 Å². The lowest BCUT2D eigenvalue weighted by atomic mass is 9.74. The van der Waals surface area contributed by atoms with Crippen molar-refractivity contribution in [3.8, 4) is 0 Å². The fourth-order valence-corrected chi connectivity index (χ4v) is 5.79. The van der Waals surface area contributed by atoms with Crippen LogP contribution in [0.2, 0.25) is 0 Å². The minimum atomic E-state index is -3.22. The highest BCUT2D eigenvalue weighted by molar-refractivity contribution is 7.88. The first-order valence-corrected chi connectivity index (χ1v) is 12.1. The summed E-state index contributed by atoms with van der Waals surface area (Å²) >= 11 is 0. The lowest BCUT2D eigenvalue weighted by Crippen LogP contribution is -2.51. The minimum absolute atomic E-state index is 0.00727. The molecule has 0 radical (unpaired) electrons. The van der Waals surface area contributed by atoms with Crippen LogP contribution in [0.15, 0.2) is 42.7 Å². The van der Waals surface area contributed by atoms with Crippen molar-refractivity contribution < 1.29 is 13.2 Å². The second kappa shape index (κ2) is 7.91. The molecule has 1 amide bonds. The normalized spacial score (nSPS) is 21.6. The van der Waals surface area contributed by atoms with E-state index < -0.39 is 10.0 Å². The van der Waals surface area contributed by atoms with E-state index in [0.717, 1.165) is 37.7 Å². The van der Waals surface area contributed by atoms with Crippen LogP contribution in [0.1, 0.15) is 48.0 Å². The molecule has 2 aromatic rings. The number of sulfonamides is 1. The fraction of sp³-hybridized carbons (Fsp3) is 0.524. The van der Waals surface area contributed by atoms with E-state index in [9.17, 15) is 13.2 Å². The SMILES string of the molecule is CS(=O)(=O)NC1CCCC12CCN(C(=O)c1cccc(Cn3cccn3)c1)CC2. The number of benzene rings is 1. The van der Waals surface area contributed by atoms with Gasteiger partial charge in [-0.15, -0.1) is 0 Å². The van der Waals surface area contributed by atoms with Gasteiger partial charge in [0, 0.05) is 37.1 Å². The molecule has 7 nitrogen and oxygen atoms in total. The zero-order valence-corrected chi connectivity index (χ0v) is 17.6. The number of rotatable bonds is 5. The molecule has 1 N–H and O–H groups in total. The quantitative estimate of drug-likeness (QED) is 0.810. The summed E-state index contributed by atoms with van der Waals surface area (Å²) < 4.78 is 28.1. The number of amides is 1. The van der Waals surface area contributed by atoms with Gasteiger partial charge in [-0.25, -0.2) is 13.1 Å². The van der Waals surface area contributed by atoms with Gasteiger partial charge in [-0.1, -0.05) is 18.6 Å². The summed E-state index contributed by atoms with van der Waals surface area (Å²) in [5, 5.41) is 4.22. The first-order chi connectivity index (χ1) is 13.8. The maximum atomic E-state index is 13.1. The summed E-state index contributed by atoms with van der Waals surface area (Å²) in [5.41, 5.74) is 1.73. The molecule has 29 heavy (non-hydrogen) atoms. The molecule has 1 aromatic heterocycles. The third-order valence-corrected chi connectivity index (χ3v) is 7.10. The van der Waals surface area contributed by atoms with Crippen LogP contribution in [0.5, 0.6) is 0 Å². The number of aromatic nitrogens is 2. The zero-order valence-electron chi connectivity index (χ0n) is 16.8.